The van der Waals surface area contributed by atoms with E-state index in [0.717, 1.165) is 12.2 Å². The third-order valence-corrected chi connectivity index (χ3v) is 1.58. The maximum Gasteiger partial charge on any atom is 0.0693 e. The number of hydrogen-bond acceptors (Lipinski definition) is 2. The molecule has 0 aromatic carbocycles. The lowest BCUT2D eigenvalue weighted by Crippen LogP contribution is -2.10. The van der Waals surface area contributed by atoms with E-state index >= 15 is 0 Å². The molecule has 0 aliphatic carbocycles. The Morgan fingerprint density at radius 3 is 3.40 bits per heavy atom. The van der Waals surface area contributed by atoms with E-state index < -0.39 is 0 Å². The van der Waals surface area contributed by atoms with Crippen molar-refractivity contribution in [3.05, 3.63) is 35.8 Å². The van der Waals surface area contributed by atoms with Crippen LogP contribution in [0.1, 0.15) is 11.3 Å². The van der Waals surface area contributed by atoms with Crippen LogP contribution in [-0.4, -0.2) is 4.98 Å². The molecule has 0 amide bonds. The Hall–Kier alpha value is -1.31. The van der Waals surface area contributed by atoms with Crippen LogP contribution in [0.4, 0.5) is 0 Å². The molecule has 10 heavy (non-hydrogen) atoms. The number of pyridine rings is 1. The summed E-state index contributed by atoms with van der Waals surface area (Å²) in [4.78, 5) is 4.19. The number of nitrogens with one attached hydrogen (secondary N) is 1. The molecule has 0 saturated carbocycles. The largest absolute Gasteiger partial charge is 0.387 e. The number of fused-ring (bicyclic) bond motifs is 1. The zero-order valence-corrected chi connectivity index (χ0v) is 5.54. The fourth-order valence-electron chi connectivity index (χ4n) is 1.06. The first-order valence-electron chi connectivity index (χ1n) is 3.30. The Bertz CT molecular complexity index is 266. The van der Waals surface area contributed by atoms with Crippen LogP contribution in [0.15, 0.2) is 24.5 Å². The summed E-state index contributed by atoms with van der Waals surface area (Å²) in [5.74, 6) is 0. The van der Waals surface area contributed by atoms with Crippen molar-refractivity contribution in [2.24, 2.45) is 0 Å². The highest BCUT2D eigenvalue weighted by atomic mass is 14.8. The van der Waals surface area contributed by atoms with Crippen LogP contribution in [-0.2, 0) is 6.54 Å². The SMILES string of the molecule is C1=Cc2ncccc2CN1. The van der Waals surface area contributed by atoms with Gasteiger partial charge in [0, 0.05) is 12.7 Å². The van der Waals surface area contributed by atoms with Gasteiger partial charge in [-0.25, -0.2) is 0 Å². The maximum absolute atomic E-state index is 4.19. The van der Waals surface area contributed by atoms with E-state index in [4.69, 9.17) is 0 Å². The molecule has 0 fully saturated rings. The Balaban J connectivity index is 2.54. The smallest absolute Gasteiger partial charge is 0.0693 e. The Morgan fingerprint density at radius 2 is 2.50 bits per heavy atom. The van der Waals surface area contributed by atoms with Gasteiger partial charge in [0.05, 0.1) is 5.69 Å². The number of hydrogen-bond donors (Lipinski definition) is 1. The molecule has 0 unspecified atom stereocenters. The average molecular weight is 132 g/mol. The van der Waals surface area contributed by atoms with Crippen molar-refractivity contribution in [2.75, 3.05) is 0 Å². The minimum atomic E-state index is 0.902. The van der Waals surface area contributed by atoms with E-state index in [0.29, 0.717) is 0 Å². The molecule has 1 aromatic heterocycles. The normalized spacial score (nSPS) is 14.0. The number of rotatable bonds is 0. The van der Waals surface area contributed by atoms with Gasteiger partial charge in [-0.15, -0.1) is 0 Å². The lowest BCUT2D eigenvalue weighted by molar-refractivity contribution is 0.848. The van der Waals surface area contributed by atoms with Crippen molar-refractivity contribution in [3.63, 3.8) is 0 Å². The zero-order chi connectivity index (χ0) is 6.81. The number of aromatic nitrogens is 1. The van der Waals surface area contributed by atoms with Crippen LogP contribution in [0.2, 0.25) is 0 Å². The van der Waals surface area contributed by atoms with E-state index in [1.165, 1.54) is 5.56 Å². The first kappa shape index (κ1) is 5.47. The van der Waals surface area contributed by atoms with Crippen LogP contribution in [0.5, 0.6) is 0 Å². The Kier molecular flexibility index (Phi) is 1.17. The molecular weight excluding hydrogens is 124 g/mol. The molecule has 1 aliphatic heterocycles. The molecule has 0 radical (unpaired) electrons. The van der Waals surface area contributed by atoms with Gasteiger partial charge in [0.2, 0.25) is 0 Å². The quantitative estimate of drug-likeness (QED) is 0.573. The molecule has 2 heteroatoms. The Morgan fingerprint density at radius 1 is 1.50 bits per heavy atom. The van der Waals surface area contributed by atoms with Crippen LogP contribution in [0, 0.1) is 0 Å². The highest BCUT2D eigenvalue weighted by molar-refractivity contribution is 5.50. The second-order valence-corrected chi connectivity index (χ2v) is 2.26. The first-order valence-corrected chi connectivity index (χ1v) is 3.30. The van der Waals surface area contributed by atoms with Gasteiger partial charge in [-0.2, -0.15) is 0 Å². The monoisotopic (exact) mass is 132 g/mol. The molecule has 1 N–H and O–H groups in total. The van der Waals surface area contributed by atoms with Crippen molar-refractivity contribution < 1.29 is 0 Å². The molecule has 2 heterocycles. The fraction of sp³-hybridized carbons (Fsp3) is 0.125. The fourth-order valence-corrected chi connectivity index (χ4v) is 1.06. The van der Waals surface area contributed by atoms with Crippen molar-refractivity contribution in [2.45, 2.75) is 6.54 Å². The van der Waals surface area contributed by atoms with Gasteiger partial charge in [0.25, 0.3) is 0 Å². The van der Waals surface area contributed by atoms with Crippen LogP contribution >= 0.6 is 0 Å². The number of nitrogens with zero attached hydrogens (tertiary/aromatic N) is 1. The third kappa shape index (κ3) is 0.778. The van der Waals surface area contributed by atoms with Gasteiger partial charge >= 0.3 is 0 Å². The predicted octanol–water partition coefficient (Wildman–Crippen LogP) is 1.16. The van der Waals surface area contributed by atoms with Crippen molar-refractivity contribution in [1.82, 2.24) is 10.3 Å². The summed E-state index contributed by atoms with van der Waals surface area (Å²) in [6.45, 7) is 0.902. The minimum Gasteiger partial charge on any atom is -0.387 e. The summed E-state index contributed by atoms with van der Waals surface area (Å²) in [6, 6.07) is 4.04. The summed E-state index contributed by atoms with van der Waals surface area (Å²) in [6.07, 6.45) is 5.72. The second kappa shape index (κ2) is 2.14. The first-order chi connectivity index (χ1) is 4.97. The zero-order valence-electron chi connectivity index (χ0n) is 5.54. The van der Waals surface area contributed by atoms with E-state index in [9.17, 15) is 0 Å². The topological polar surface area (TPSA) is 24.9 Å². The molecule has 0 bridgehead atoms. The van der Waals surface area contributed by atoms with Crippen LogP contribution < -0.4 is 5.32 Å². The van der Waals surface area contributed by atoms with E-state index in [2.05, 4.69) is 16.4 Å². The van der Waals surface area contributed by atoms with Crippen LogP contribution in [0.3, 0.4) is 0 Å². The van der Waals surface area contributed by atoms with E-state index in [-0.39, 0.29) is 0 Å². The van der Waals surface area contributed by atoms with Gasteiger partial charge in [0.15, 0.2) is 0 Å². The predicted molar refractivity (Wildman–Crippen MR) is 40.1 cm³/mol. The lowest BCUT2D eigenvalue weighted by Gasteiger charge is -2.09. The molecule has 1 aliphatic rings. The third-order valence-electron chi connectivity index (χ3n) is 1.58. The molecule has 0 saturated heterocycles. The summed E-state index contributed by atoms with van der Waals surface area (Å²) in [5.41, 5.74) is 2.35. The molecule has 2 rings (SSSR count). The Labute approximate surface area is 59.6 Å². The molecule has 2 nitrogen and oxygen atoms in total. The van der Waals surface area contributed by atoms with Crippen molar-refractivity contribution in [3.8, 4) is 0 Å². The standard InChI is InChI=1S/C8H8N2/c1-2-7-6-9-5-3-8(7)10-4-1/h1-5,9H,6H2. The van der Waals surface area contributed by atoms with Crippen LogP contribution in [0.25, 0.3) is 6.08 Å². The summed E-state index contributed by atoms with van der Waals surface area (Å²) in [5, 5.41) is 3.12. The van der Waals surface area contributed by atoms with Gasteiger partial charge in [0.1, 0.15) is 0 Å². The maximum atomic E-state index is 4.19. The van der Waals surface area contributed by atoms with E-state index in [1.54, 1.807) is 0 Å². The average Bonchev–Trinajstić information content (AvgIpc) is 2.05. The molecule has 0 atom stereocenters. The van der Waals surface area contributed by atoms with E-state index in [1.807, 2.05) is 24.5 Å². The van der Waals surface area contributed by atoms with Crippen molar-refractivity contribution in [1.29, 1.82) is 0 Å². The molecule has 50 valence electrons. The minimum absolute atomic E-state index is 0.902. The van der Waals surface area contributed by atoms with Crippen molar-refractivity contribution >= 4 is 6.08 Å². The van der Waals surface area contributed by atoms with Gasteiger partial charge in [-0.1, -0.05) is 6.07 Å². The van der Waals surface area contributed by atoms with Gasteiger partial charge in [-0.3, -0.25) is 4.98 Å². The summed E-state index contributed by atoms with van der Waals surface area (Å²) in [7, 11) is 0. The van der Waals surface area contributed by atoms with Gasteiger partial charge < -0.3 is 5.32 Å². The molecular formula is C8H8N2. The molecule has 1 aromatic rings. The lowest BCUT2D eigenvalue weighted by atomic mass is 10.1. The van der Waals surface area contributed by atoms with Gasteiger partial charge in [-0.05, 0) is 23.9 Å². The highest BCUT2D eigenvalue weighted by Crippen LogP contribution is 2.09. The molecule has 0 spiro atoms. The highest BCUT2D eigenvalue weighted by Gasteiger charge is 2.01. The summed E-state index contributed by atoms with van der Waals surface area (Å²) < 4.78 is 0. The summed E-state index contributed by atoms with van der Waals surface area (Å²) >= 11 is 0. The second-order valence-electron chi connectivity index (χ2n) is 2.26.